The zero-order valence-electron chi connectivity index (χ0n) is 11.5. The fourth-order valence-electron chi connectivity index (χ4n) is 2.66. The summed E-state index contributed by atoms with van der Waals surface area (Å²) in [5.74, 6) is -0.324. The molecular weight excluding hydrogens is 307 g/mol. The minimum atomic E-state index is -4.42. The molecule has 1 aliphatic heterocycles. The molecule has 1 aromatic carbocycles. The van der Waals surface area contributed by atoms with Gasteiger partial charge >= 0.3 is 6.18 Å². The average molecular weight is 315 g/mol. The Balaban J connectivity index is 1.92. The number of nitrogens with zero attached hydrogens (tertiary/aromatic N) is 3. The maximum absolute atomic E-state index is 12.8. The van der Waals surface area contributed by atoms with Gasteiger partial charge in [-0.2, -0.15) is 13.2 Å². The van der Waals surface area contributed by atoms with E-state index in [9.17, 15) is 18.0 Å². The van der Waals surface area contributed by atoms with E-state index in [1.165, 1.54) is 18.6 Å². The van der Waals surface area contributed by atoms with Gasteiger partial charge in [0.2, 0.25) is 0 Å². The van der Waals surface area contributed by atoms with E-state index in [0.717, 1.165) is 12.1 Å². The van der Waals surface area contributed by atoms with Crippen molar-refractivity contribution < 1.29 is 18.0 Å². The lowest BCUT2D eigenvalue weighted by atomic mass is 10.0. The molecule has 1 aliphatic rings. The van der Waals surface area contributed by atoms with Crippen LogP contribution in [0.5, 0.6) is 0 Å². The Morgan fingerprint density at radius 1 is 1.09 bits per heavy atom. The van der Waals surface area contributed by atoms with Gasteiger partial charge in [0.25, 0.3) is 5.91 Å². The summed E-state index contributed by atoms with van der Waals surface area (Å²) in [5, 5.41) is 0. The molecule has 2 aromatic heterocycles. The van der Waals surface area contributed by atoms with E-state index in [2.05, 4.69) is 9.98 Å². The molecule has 7 heteroatoms. The van der Waals surface area contributed by atoms with E-state index in [-0.39, 0.29) is 11.6 Å². The number of fused-ring (bicyclic) bond motifs is 2. The minimum absolute atomic E-state index is 0.189. The number of hydrogen-bond donors (Lipinski definition) is 0. The second-order valence-corrected chi connectivity index (χ2v) is 5.11. The average Bonchev–Trinajstić information content (AvgIpc) is 3.10. The lowest BCUT2D eigenvalue weighted by Gasteiger charge is -2.09. The Hall–Kier alpha value is -2.96. The first-order chi connectivity index (χ1) is 10.9. The summed E-state index contributed by atoms with van der Waals surface area (Å²) in [6.45, 7) is 0. The summed E-state index contributed by atoms with van der Waals surface area (Å²) in [5.41, 5.74) is 1.87. The number of aromatic nitrogens is 2. The van der Waals surface area contributed by atoms with Gasteiger partial charge in [-0.25, -0.2) is 9.98 Å². The second-order valence-electron chi connectivity index (χ2n) is 5.11. The molecule has 0 saturated heterocycles. The number of carbonyl (C=O) groups excluding carboxylic acids is 1. The van der Waals surface area contributed by atoms with Crippen LogP contribution in [0.25, 0.3) is 16.9 Å². The fraction of sp³-hybridized carbons (Fsp3) is 0.0625. The SMILES string of the molecule is O=C1N=Cc2c1cccc2-c1cnc2cc(C(F)(F)F)ccn12. The van der Waals surface area contributed by atoms with Gasteiger partial charge in [0, 0.05) is 23.5 Å². The lowest BCUT2D eigenvalue weighted by molar-refractivity contribution is -0.137. The normalized spacial score (nSPS) is 13.8. The highest BCUT2D eigenvalue weighted by Gasteiger charge is 2.31. The molecule has 4 nitrogen and oxygen atoms in total. The number of carbonyl (C=O) groups is 1. The highest BCUT2D eigenvalue weighted by atomic mass is 19.4. The summed E-state index contributed by atoms with van der Waals surface area (Å²) in [6.07, 6.45) is -0.132. The van der Waals surface area contributed by atoms with Crippen molar-refractivity contribution in [1.29, 1.82) is 0 Å². The van der Waals surface area contributed by atoms with Crippen molar-refractivity contribution in [2.75, 3.05) is 0 Å². The van der Waals surface area contributed by atoms with E-state index in [0.29, 0.717) is 22.4 Å². The molecule has 1 amide bonds. The zero-order chi connectivity index (χ0) is 16.2. The van der Waals surface area contributed by atoms with Crippen LogP contribution in [0.1, 0.15) is 21.5 Å². The number of alkyl halides is 3. The van der Waals surface area contributed by atoms with Gasteiger partial charge in [0.15, 0.2) is 0 Å². The van der Waals surface area contributed by atoms with Crippen molar-refractivity contribution in [2.24, 2.45) is 4.99 Å². The Morgan fingerprint density at radius 2 is 1.87 bits per heavy atom. The molecular formula is C16H8F3N3O. The van der Waals surface area contributed by atoms with Crippen LogP contribution in [0.2, 0.25) is 0 Å². The molecule has 0 atom stereocenters. The summed E-state index contributed by atoms with van der Waals surface area (Å²) >= 11 is 0. The smallest absolute Gasteiger partial charge is 0.300 e. The Labute approximate surface area is 127 Å². The predicted molar refractivity (Wildman–Crippen MR) is 77.6 cm³/mol. The van der Waals surface area contributed by atoms with Gasteiger partial charge in [0.05, 0.1) is 23.0 Å². The van der Waals surface area contributed by atoms with Gasteiger partial charge < -0.3 is 0 Å². The Bertz CT molecular complexity index is 986. The number of hydrogen-bond acceptors (Lipinski definition) is 2. The maximum Gasteiger partial charge on any atom is 0.416 e. The topological polar surface area (TPSA) is 46.7 Å². The second kappa shape index (κ2) is 4.52. The largest absolute Gasteiger partial charge is 0.416 e. The van der Waals surface area contributed by atoms with Crippen molar-refractivity contribution in [2.45, 2.75) is 6.18 Å². The van der Waals surface area contributed by atoms with Gasteiger partial charge in [-0.15, -0.1) is 0 Å². The van der Waals surface area contributed by atoms with Crippen molar-refractivity contribution in [1.82, 2.24) is 9.38 Å². The van der Waals surface area contributed by atoms with Crippen molar-refractivity contribution in [3.05, 3.63) is 59.4 Å². The summed E-state index contributed by atoms with van der Waals surface area (Å²) < 4.78 is 39.9. The third-order valence-electron chi connectivity index (χ3n) is 3.76. The molecule has 3 heterocycles. The summed E-state index contributed by atoms with van der Waals surface area (Å²) in [6, 6.07) is 7.15. The third-order valence-corrected chi connectivity index (χ3v) is 3.76. The molecule has 0 unspecified atom stereocenters. The van der Waals surface area contributed by atoms with Gasteiger partial charge in [-0.1, -0.05) is 12.1 Å². The first kappa shape index (κ1) is 13.7. The number of imidazole rings is 1. The van der Waals surface area contributed by atoms with Crippen molar-refractivity contribution >= 4 is 17.8 Å². The highest BCUT2D eigenvalue weighted by molar-refractivity contribution is 6.15. The molecule has 0 radical (unpaired) electrons. The van der Waals surface area contributed by atoms with E-state index >= 15 is 0 Å². The molecule has 3 aromatic rings. The molecule has 0 aliphatic carbocycles. The number of rotatable bonds is 1. The van der Waals surface area contributed by atoms with Crippen LogP contribution in [0.4, 0.5) is 13.2 Å². The minimum Gasteiger partial charge on any atom is -0.300 e. The third kappa shape index (κ3) is 2.04. The number of pyridine rings is 1. The predicted octanol–water partition coefficient (Wildman–Crippen LogP) is 3.59. The molecule has 0 N–H and O–H groups in total. The first-order valence-electron chi connectivity index (χ1n) is 6.71. The van der Waals surface area contributed by atoms with Gasteiger partial charge in [-0.3, -0.25) is 9.20 Å². The molecule has 0 spiro atoms. The molecule has 23 heavy (non-hydrogen) atoms. The first-order valence-corrected chi connectivity index (χ1v) is 6.71. The Morgan fingerprint density at radius 3 is 2.65 bits per heavy atom. The van der Waals surface area contributed by atoms with E-state index in [1.807, 2.05) is 0 Å². The molecule has 0 saturated carbocycles. The fourth-order valence-corrected chi connectivity index (χ4v) is 2.66. The van der Waals surface area contributed by atoms with E-state index in [1.54, 1.807) is 22.6 Å². The Kier molecular flexibility index (Phi) is 2.69. The molecule has 114 valence electrons. The van der Waals surface area contributed by atoms with Gasteiger partial charge in [0.1, 0.15) is 5.65 Å². The van der Waals surface area contributed by atoms with E-state index < -0.39 is 11.7 Å². The standard InChI is InChI=1S/C16H8F3N3O/c17-16(18,19)9-4-5-22-13(8-20-14(22)6-9)10-2-1-3-11-12(10)7-21-15(11)23/h1-8H. The zero-order valence-corrected chi connectivity index (χ0v) is 11.5. The van der Waals surface area contributed by atoms with Crippen LogP contribution in [-0.2, 0) is 6.18 Å². The number of amides is 1. The molecule has 0 fully saturated rings. The number of halogens is 3. The van der Waals surface area contributed by atoms with Crippen LogP contribution in [0.3, 0.4) is 0 Å². The van der Waals surface area contributed by atoms with Crippen LogP contribution in [0.15, 0.2) is 47.7 Å². The number of benzene rings is 1. The van der Waals surface area contributed by atoms with Crippen LogP contribution >= 0.6 is 0 Å². The van der Waals surface area contributed by atoms with Crippen molar-refractivity contribution in [3.8, 4) is 11.3 Å². The maximum atomic E-state index is 12.8. The lowest BCUT2D eigenvalue weighted by Crippen LogP contribution is -2.05. The monoisotopic (exact) mass is 315 g/mol. The molecule has 0 bridgehead atoms. The van der Waals surface area contributed by atoms with Crippen LogP contribution in [-0.4, -0.2) is 21.5 Å². The van der Waals surface area contributed by atoms with Crippen molar-refractivity contribution in [3.63, 3.8) is 0 Å². The molecule has 4 rings (SSSR count). The van der Waals surface area contributed by atoms with Crippen LogP contribution in [0, 0.1) is 0 Å². The quantitative estimate of drug-likeness (QED) is 0.689. The summed E-state index contributed by atoms with van der Waals surface area (Å²) in [4.78, 5) is 19.5. The highest BCUT2D eigenvalue weighted by Crippen LogP contribution is 2.32. The van der Waals surface area contributed by atoms with Gasteiger partial charge in [-0.05, 0) is 18.2 Å². The van der Waals surface area contributed by atoms with E-state index in [4.69, 9.17) is 0 Å². The number of aliphatic imine (C=N–C) groups is 1. The van der Waals surface area contributed by atoms with Crippen LogP contribution < -0.4 is 0 Å². The summed E-state index contributed by atoms with van der Waals surface area (Å²) in [7, 11) is 0.